The average Bonchev–Trinajstić information content (AvgIpc) is 3.32. The molecule has 0 saturated heterocycles. The second kappa shape index (κ2) is 10.7. The highest BCUT2D eigenvalue weighted by atomic mass is 16.6. The maximum Gasteiger partial charge on any atom is 0.248 e. The van der Waals surface area contributed by atoms with Gasteiger partial charge in [-0.15, -0.1) is 0 Å². The van der Waals surface area contributed by atoms with E-state index in [2.05, 4.69) is 5.32 Å². The number of allylic oxidation sites excluding steroid dienone is 1. The number of furan rings is 1. The molecular weight excluding hydrogens is 470 g/mol. The highest BCUT2D eigenvalue weighted by molar-refractivity contribution is 6.05. The van der Waals surface area contributed by atoms with Gasteiger partial charge in [-0.3, -0.25) is 4.79 Å². The zero-order valence-electron chi connectivity index (χ0n) is 21.1. The molecule has 37 heavy (non-hydrogen) atoms. The molecule has 1 aliphatic rings. The van der Waals surface area contributed by atoms with Crippen molar-refractivity contribution < 1.29 is 28.2 Å². The van der Waals surface area contributed by atoms with Crippen LogP contribution >= 0.6 is 0 Å². The molecule has 0 radical (unpaired) electrons. The summed E-state index contributed by atoms with van der Waals surface area (Å²) in [5.74, 6) is 2.52. The molecule has 1 N–H and O–H groups in total. The molecule has 2 heterocycles. The van der Waals surface area contributed by atoms with Crippen molar-refractivity contribution in [1.82, 2.24) is 0 Å². The first-order chi connectivity index (χ1) is 18.1. The van der Waals surface area contributed by atoms with Crippen molar-refractivity contribution in [3.63, 3.8) is 0 Å². The number of hydrogen-bond donors (Lipinski definition) is 1. The standard InChI is InChI=1S/C30H29NO6/c1-4-33-22-9-6-20(7-10-22)25-18-37-28-17-27(34-5-2)23(16-24(25)28)19(3)14-30(32)31-21-8-11-26-29(15-21)36-13-12-35-26/h6-11,14-18H,4-5,12-13H2,1-3H3,(H,31,32)/b19-14+. The zero-order chi connectivity index (χ0) is 25.8. The Morgan fingerprint density at radius 3 is 2.46 bits per heavy atom. The van der Waals surface area contributed by atoms with Gasteiger partial charge in [0, 0.05) is 40.4 Å². The van der Waals surface area contributed by atoms with Crippen LogP contribution in [-0.2, 0) is 4.79 Å². The van der Waals surface area contributed by atoms with E-state index in [9.17, 15) is 4.79 Å². The van der Waals surface area contributed by atoms with Crippen LogP contribution in [0.1, 0.15) is 26.3 Å². The van der Waals surface area contributed by atoms with Gasteiger partial charge in [0.15, 0.2) is 11.5 Å². The Morgan fingerprint density at radius 2 is 1.70 bits per heavy atom. The first kappa shape index (κ1) is 24.3. The lowest BCUT2D eigenvalue weighted by Gasteiger charge is -2.18. The van der Waals surface area contributed by atoms with E-state index >= 15 is 0 Å². The third-order valence-corrected chi connectivity index (χ3v) is 6.03. The Kier molecular flexibility index (Phi) is 7.03. The van der Waals surface area contributed by atoms with Crippen LogP contribution in [0.2, 0.25) is 0 Å². The Hall–Kier alpha value is -4.39. The lowest BCUT2D eigenvalue weighted by atomic mass is 9.99. The first-order valence-corrected chi connectivity index (χ1v) is 12.4. The van der Waals surface area contributed by atoms with Crippen LogP contribution in [0.4, 0.5) is 5.69 Å². The summed E-state index contributed by atoms with van der Waals surface area (Å²) in [4.78, 5) is 12.9. The molecule has 0 saturated carbocycles. The van der Waals surface area contributed by atoms with Crippen molar-refractivity contribution in [2.24, 2.45) is 0 Å². The first-order valence-electron chi connectivity index (χ1n) is 12.4. The normalized spacial score (nSPS) is 12.9. The molecule has 5 rings (SSSR count). The van der Waals surface area contributed by atoms with Crippen LogP contribution in [0.5, 0.6) is 23.0 Å². The van der Waals surface area contributed by atoms with Crippen LogP contribution in [-0.4, -0.2) is 32.3 Å². The van der Waals surface area contributed by atoms with Gasteiger partial charge in [0.2, 0.25) is 5.91 Å². The molecule has 0 bridgehead atoms. The number of rotatable bonds is 8. The van der Waals surface area contributed by atoms with Crippen LogP contribution in [0.25, 0.3) is 27.7 Å². The summed E-state index contributed by atoms with van der Waals surface area (Å²) in [7, 11) is 0. The minimum absolute atomic E-state index is 0.254. The molecule has 7 heteroatoms. The third-order valence-electron chi connectivity index (χ3n) is 6.03. The number of anilines is 1. The number of ether oxygens (including phenoxy) is 4. The number of carbonyl (C=O) groups excluding carboxylic acids is 1. The lowest BCUT2D eigenvalue weighted by Crippen LogP contribution is -2.16. The molecule has 0 spiro atoms. The van der Waals surface area contributed by atoms with Crippen LogP contribution < -0.4 is 24.3 Å². The van der Waals surface area contributed by atoms with E-state index in [0.29, 0.717) is 54.9 Å². The molecule has 7 nitrogen and oxygen atoms in total. The zero-order valence-corrected chi connectivity index (χ0v) is 21.1. The summed E-state index contributed by atoms with van der Waals surface area (Å²) in [6.45, 7) is 7.88. The summed E-state index contributed by atoms with van der Waals surface area (Å²) in [5.41, 5.74) is 4.89. The molecule has 0 atom stereocenters. The van der Waals surface area contributed by atoms with Gasteiger partial charge in [0.05, 0.1) is 19.5 Å². The van der Waals surface area contributed by atoms with Crippen LogP contribution in [0.3, 0.4) is 0 Å². The largest absolute Gasteiger partial charge is 0.494 e. The second-order valence-corrected chi connectivity index (χ2v) is 8.56. The second-order valence-electron chi connectivity index (χ2n) is 8.56. The van der Waals surface area contributed by atoms with Crippen LogP contribution in [0, 0.1) is 0 Å². The molecule has 190 valence electrons. The van der Waals surface area contributed by atoms with E-state index in [1.165, 1.54) is 0 Å². The van der Waals surface area contributed by atoms with Crippen molar-refractivity contribution >= 4 is 28.1 Å². The number of benzene rings is 3. The van der Waals surface area contributed by atoms with Crippen molar-refractivity contribution in [1.29, 1.82) is 0 Å². The average molecular weight is 500 g/mol. The summed E-state index contributed by atoms with van der Waals surface area (Å²) in [6, 6.07) is 17.2. The van der Waals surface area contributed by atoms with Crippen LogP contribution in [0.15, 0.2) is 71.4 Å². The van der Waals surface area contributed by atoms with Gasteiger partial charge < -0.3 is 28.7 Å². The van der Waals surface area contributed by atoms with E-state index in [1.54, 1.807) is 30.5 Å². The number of carbonyl (C=O) groups is 1. The van der Waals surface area contributed by atoms with Crippen molar-refractivity contribution in [2.75, 3.05) is 31.7 Å². The summed E-state index contributed by atoms with van der Waals surface area (Å²) in [5, 5.41) is 3.84. The highest BCUT2D eigenvalue weighted by Crippen LogP contribution is 2.38. The topological polar surface area (TPSA) is 79.2 Å². The van der Waals surface area contributed by atoms with E-state index < -0.39 is 0 Å². The molecule has 3 aromatic carbocycles. The monoisotopic (exact) mass is 499 g/mol. The number of hydrogen-bond acceptors (Lipinski definition) is 6. The van der Waals surface area contributed by atoms with Gasteiger partial charge in [0.1, 0.15) is 30.3 Å². The summed E-state index contributed by atoms with van der Waals surface area (Å²) < 4.78 is 28.5. The number of nitrogens with one attached hydrogen (secondary N) is 1. The molecule has 1 amide bonds. The van der Waals surface area contributed by atoms with E-state index in [4.69, 9.17) is 23.4 Å². The fourth-order valence-corrected chi connectivity index (χ4v) is 4.33. The molecular formula is C30H29NO6. The predicted molar refractivity (Wildman–Crippen MR) is 144 cm³/mol. The van der Waals surface area contributed by atoms with Gasteiger partial charge >= 0.3 is 0 Å². The number of fused-ring (bicyclic) bond motifs is 2. The Bertz CT molecular complexity index is 1450. The molecule has 4 aromatic rings. The molecule has 0 aliphatic carbocycles. The van der Waals surface area contributed by atoms with Crippen molar-refractivity contribution in [3.8, 4) is 34.1 Å². The SMILES string of the molecule is CCOc1ccc(-c2coc3cc(OCC)c(/C(C)=C/C(=O)Nc4ccc5c(c4)OCCO5)cc23)cc1. The molecule has 0 unspecified atom stereocenters. The predicted octanol–water partition coefficient (Wildman–Crippen LogP) is 6.71. The van der Waals surface area contributed by atoms with Crippen molar-refractivity contribution in [2.45, 2.75) is 20.8 Å². The minimum atomic E-state index is -0.254. The fourth-order valence-electron chi connectivity index (χ4n) is 4.33. The molecule has 0 fully saturated rings. The molecule has 1 aliphatic heterocycles. The Labute approximate surface area is 215 Å². The van der Waals surface area contributed by atoms with E-state index in [-0.39, 0.29) is 5.91 Å². The van der Waals surface area contributed by atoms with Gasteiger partial charge in [0.25, 0.3) is 0 Å². The number of amides is 1. The maximum absolute atomic E-state index is 12.9. The minimum Gasteiger partial charge on any atom is -0.494 e. The Balaban J connectivity index is 1.45. The molecule has 1 aromatic heterocycles. The maximum atomic E-state index is 12.9. The third kappa shape index (κ3) is 5.26. The van der Waals surface area contributed by atoms with Gasteiger partial charge in [-0.25, -0.2) is 0 Å². The van der Waals surface area contributed by atoms with E-state index in [0.717, 1.165) is 33.4 Å². The summed E-state index contributed by atoms with van der Waals surface area (Å²) >= 11 is 0. The quantitative estimate of drug-likeness (QED) is 0.272. The van der Waals surface area contributed by atoms with Gasteiger partial charge in [-0.05, 0) is 62.2 Å². The lowest BCUT2D eigenvalue weighted by molar-refractivity contribution is -0.111. The Morgan fingerprint density at radius 1 is 0.946 bits per heavy atom. The highest BCUT2D eigenvalue weighted by Gasteiger charge is 2.16. The summed E-state index contributed by atoms with van der Waals surface area (Å²) in [6.07, 6.45) is 3.31. The fraction of sp³-hybridized carbons (Fsp3) is 0.233. The van der Waals surface area contributed by atoms with E-state index in [1.807, 2.05) is 57.2 Å². The van der Waals surface area contributed by atoms with Crippen molar-refractivity contribution in [3.05, 3.63) is 72.5 Å². The smallest absolute Gasteiger partial charge is 0.248 e. The van der Waals surface area contributed by atoms with Gasteiger partial charge in [-0.1, -0.05) is 12.1 Å². The van der Waals surface area contributed by atoms with Gasteiger partial charge in [-0.2, -0.15) is 0 Å².